The van der Waals surface area contributed by atoms with Gasteiger partial charge in [0.15, 0.2) is 0 Å². The van der Waals surface area contributed by atoms with Crippen LogP contribution in [0.15, 0.2) is 29.2 Å². The number of carbonyl (C=O) groups excluding carboxylic acids is 1. The van der Waals surface area contributed by atoms with Crippen LogP contribution in [0.2, 0.25) is 0 Å². The van der Waals surface area contributed by atoms with E-state index in [-0.39, 0.29) is 17.5 Å². The quantitative estimate of drug-likeness (QED) is 0.892. The lowest BCUT2D eigenvalue weighted by atomic mass is 9.75. The van der Waals surface area contributed by atoms with E-state index >= 15 is 0 Å². The first kappa shape index (κ1) is 13.0. The average molecular weight is 276 g/mol. The Hall–Kier alpha value is -1.00. The highest BCUT2D eigenvalue weighted by Crippen LogP contribution is 2.36. The van der Waals surface area contributed by atoms with Crippen molar-refractivity contribution in [2.45, 2.75) is 48.6 Å². The fraction of sp³-hybridized carbons (Fsp3) is 0.533. The lowest BCUT2D eigenvalue weighted by molar-refractivity contribution is -0.123. The molecule has 1 aromatic rings. The zero-order chi connectivity index (χ0) is 13.3. The molecule has 1 fully saturated rings. The molecule has 1 atom stereocenters. The first-order valence-corrected chi connectivity index (χ1v) is 7.95. The number of benzene rings is 1. The van der Waals surface area contributed by atoms with Crippen molar-refractivity contribution in [2.24, 2.45) is 5.73 Å². The maximum atomic E-state index is 12.1. The molecule has 0 saturated heterocycles. The van der Waals surface area contributed by atoms with Gasteiger partial charge in [-0.05, 0) is 37.3 Å². The van der Waals surface area contributed by atoms with Gasteiger partial charge in [-0.3, -0.25) is 4.79 Å². The number of fused-ring (bicyclic) bond motifs is 1. The first-order chi connectivity index (χ1) is 9.16. The zero-order valence-corrected chi connectivity index (χ0v) is 11.8. The van der Waals surface area contributed by atoms with E-state index in [9.17, 15) is 4.79 Å². The zero-order valence-electron chi connectivity index (χ0n) is 11.0. The van der Waals surface area contributed by atoms with Crippen LogP contribution >= 0.6 is 11.8 Å². The number of hydrogen-bond acceptors (Lipinski definition) is 3. The SMILES string of the molecule is NC1(CC(=O)NC2CCSc3ccccc32)CCC1. The topological polar surface area (TPSA) is 55.1 Å². The normalized spacial score (nSPS) is 24.2. The van der Waals surface area contributed by atoms with Gasteiger partial charge in [0.2, 0.25) is 5.91 Å². The molecule has 0 spiro atoms. The van der Waals surface area contributed by atoms with E-state index in [1.165, 1.54) is 10.5 Å². The van der Waals surface area contributed by atoms with Gasteiger partial charge in [0.1, 0.15) is 0 Å². The molecule has 3 nitrogen and oxygen atoms in total. The van der Waals surface area contributed by atoms with Gasteiger partial charge in [0, 0.05) is 22.6 Å². The number of nitrogens with one attached hydrogen (secondary N) is 1. The third kappa shape index (κ3) is 2.79. The maximum absolute atomic E-state index is 12.1. The molecule has 1 aliphatic carbocycles. The summed E-state index contributed by atoms with van der Waals surface area (Å²) >= 11 is 1.87. The standard InChI is InChI=1S/C15H20N2OS/c16-15(7-3-8-15)10-14(18)17-12-6-9-19-13-5-2-1-4-11(12)13/h1-2,4-5,12H,3,6-10,16H2,(H,17,18). The summed E-state index contributed by atoms with van der Waals surface area (Å²) in [7, 11) is 0. The molecule has 2 aliphatic rings. The van der Waals surface area contributed by atoms with E-state index in [2.05, 4.69) is 23.5 Å². The molecule has 19 heavy (non-hydrogen) atoms. The Balaban J connectivity index is 1.66. The molecule has 1 aliphatic heterocycles. The van der Waals surface area contributed by atoms with Crippen molar-refractivity contribution < 1.29 is 4.79 Å². The molecule has 0 bridgehead atoms. The van der Waals surface area contributed by atoms with Crippen LogP contribution in [0.25, 0.3) is 0 Å². The minimum Gasteiger partial charge on any atom is -0.349 e. The van der Waals surface area contributed by atoms with Crippen LogP contribution in [-0.4, -0.2) is 17.2 Å². The predicted octanol–water partition coefficient (Wildman–Crippen LogP) is 2.61. The van der Waals surface area contributed by atoms with Crippen molar-refractivity contribution in [1.82, 2.24) is 5.32 Å². The van der Waals surface area contributed by atoms with Gasteiger partial charge >= 0.3 is 0 Å². The van der Waals surface area contributed by atoms with E-state index in [0.717, 1.165) is 31.4 Å². The number of rotatable bonds is 3. The van der Waals surface area contributed by atoms with E-state index in [1.54, 1.807) is 0 Å². The number of thioether (sulfide) groups is 1. The summed E-state index contributed by atoms with van der Waals surface area (Å²) in [5.41, 5.74) is 7.17. The van der Waals surface area contributed by atoms with Crippen LogP contribution in [0.5, 0.6) is 0 Å². The molecule has 4 heteroatoms. The molecular weight excluding hydrogens is 256 g/mol. The lowest BCUT2D eigenvalue weighted by Gasteiger charge is -2.38. The molecule has 1 amide bonds. The second kappa shape index (κ2) is 5.17. The molecular formula is C15H20N2OS. The summed E-state index contributed by atoms with van der Waals surface area (Å²) < 4.78 is 0. The highest BCUT2D eigenvalue weighted by atomic mass is 32.2. The monoisotopic (exact) mass is 276 g/mol. The molecule has 0 aromatic heterocycles. The summed E-state index contributed by atoms with van der Waals surface area (Å²) in [6, 6.07) is 8.51. The van der Waals surface area contributed by atoms with Crippen LogP contribution in [-0.2, 0) is 4.79 Å². The van der Waals surface area contributed by atoms with Gasteiger partial charge in [-0.15, -0.1) is 11.8 Å². The van der Waals surface area contributed by atoms with Crippen molar-refractivity contribution >= 4 is 17.7 Å². The third-order valence-corrected chi connectivity index (χ3v) is 5.28. The number of hydrogen-bond donors (Lipinski definition) is 2. The van der Waals surface area contributed by atoms with Gasteiger partial charge < -0.3 is 11.1 Å². The fourth-order valence-electron chi connectivity index (χ4n) is 2.86. The maximum Gasteiger partial charge on any atom is 0.222 e. The van der Waals surface area contributed by atoms with Crippen LogP contribution in [0, 0.1) is 0 Å². The molecule has 1 aromatic carbocycles. The number of carbonyl (C=O) groups is 1. The van der Waals surface area contributed by atoms with Gasteiger partial charge in [-0.2, -0.15) is 0 Å². The smallest absolute Gasteiger partial charge is 0.222 e. The Morgan fingerprint density at radius 1 is 1.42 bits per heavy atom. The molecule has 1 heterocycles. The van der Waals surface area contributed by atoms with Gasteiger partial charge in [0.05, 0.1) is 6.04 Å². The molecule has 1 saturated carbocycles. The minimum atomic E-state index is -0.229. The summed E-state index contributed by atoms with van der Waals surface area (Å²) in [4.78, 5) is 13.4. The summed E-state index contributed by atoms with van der Waals surface area (Å²) in [5, 5.41) is 3.17. The Bertz CT molecular complexity index is 485. The second-order valence-electron chi connectivity index (χ2n) is 5.69. The Kier molecular flexibility index (Phi) is 3.54. The second-order valence-corrected chi connectivity index (χ2v) is 6.82. The highest BCUT2D eigenvalue weighted by molar-refractivity contribution is 7.99. The van der Waals surface area contributed by atoms with Crippen molar-refractivity contribution in [3.05, 3.63) is 29.8 Å². The van der Waals surface area contributed by atoms with Crippen molar-refractivity contribution in [3.8, 4) is 0 Å². The average Bonchev–Trinajstić information content (AvgIpc) is 2.37. The van der Waals surface area contributed by atoms with E-state index in [0.29, 0.717) is 6.42 Å². The minimum absolute atomic E-state index is 0.105. The van der Waals surface area contributed by atoms with Crippen molar-refractivity contribution in [2.75, 3.05) is 5.75 Å². The van der Waals surface area contributed by atoms with Crippen molar-refractivity contribution in [1.29, 1.82) is 0 Å². The molecule has 3 N–H and O–H groups in total. The van der Waals surface area contributed by atoms with Crippen LogP contribution in [0.1, 0.15) is 43.7 Å². The Morgan fingerprint density at radius 3 is 2.95 bits per heavy atom. The van der Waals surface area contributed by atoms with Gasteiger partial charge in [-0.1, -0.05) is 18.2 Å². The largest absolute Gasteiger partial charge is 0.349 e. The first-order valence-electron chi connectivity index (χ1n) is 6.96. The molecule has 1 unspecified atom stereocenters. The Morgan fingerprint density at radius 2 is 2.21 bits per heavy atom. The summed E-state index contributed by atoms with van der Waals surface area (Å²) in [6.07, 6.45) is 4.60. The van der Waals surface area contributed by atoms with Gasteiger partial charge in [0.25, 0.3) is 0 Å². The van der Waals surface area contributed by atoms with Gasteiger partial charge in [-0.25, -0.2) is 0 Å². The van der Waals surface area contributed by atoms with Crippen molar-refractivity contribution in [3.63, 3.8) is 0 Å². The summed E-state index contributed by atoms with van der Waals surface area (Å²) in [5.74, 6) is 1.17. The fourth-order valence-corrected chi connectivity index (χ4v) is 3.99. The third-order valence-electron chi connectivity index (χ3n) is 4.16. The van der Waals surface area contributed by atoms with E-state index in [1.807, 2.05) is 17.8 Å². The van der Waals surface area contributed by atoms with Crippen LogP contribution in [0.3, 0.4) is 0 Å². The molecule has 3 rings (SSSR count). The van der Waals surface area contributed by atoms with E-state index in [4.69, 9.17) is 5.73 Å². The lowest BCUT2D eigenvalue weighted by Crippen LogP contribution is -2.50. The molecule has 102 valence electrons. The molecule has 0 radical (unpaired) electrons. The Labute approximate surface area is 118 Å². The summed E-state index contributed by atoms with van der Waals surface area (Å²) in [6.45, 7) is 0. The van der Waals surface area contributed by atoms with E-state index < -0.39 is 0 Å². The highest BCUT2D eigenvalue weighted by Gasteiger charge is 2.35. The van der Waals surface area contributed by atoms with Crippen LogP contribution < -0.4 is 11.1 Å². The number of amides is 1. The predicted molar refractivity (Wildman–Crippen MR) is 78.1 cm³/mol. The number of nitrogens with two attached hydrogens (primary N) is 1. The van der Waals surface area contributed by atoms with Crippen LogP contribution in [0.4, 0.5) is 0 Å².